The molecule has 0 aliphatic carbocycles. The van der Waals surface area contributed by atoms with Crippen LogP contribution in [0.15, 0.2) is 12.2 Å². The van der Waals surface area contributed by atoms with Crippen LogP contribution in [-0.2, 0) is 25.4 Å². The summed E-state index contributed by atoms with van der Waals surface area (Å²) < 4.78 is 16.6. The summed E-state index contributed by atoms with van der Waals surface area (Å²) in [5, 5.41) is 17.2. The first-order valence-electron chi connectivity index (χ1n) is 10.1. The molecule has 0 saturated heterocycles. The van der Waals surface area contributed by atoms with Crippen LogP contribution in [0, 0.1) is 22.7 Å². The monoisotopic (exact) mass is 414 g/mol. The third-order valence-corrected chi connectivity index (χ3v) is 6.28. The average molecular weight is 415 g/mol. The van der Waals surface area contributed by atoms with Gasteiger partial charge in [-0.15, -0.1) is 0 Å². The molecule has 0 bridgehead atoms. The molecule has 7 heteroatoms. The van der Waals surface area contributed by atoms with Crippen molar-refractivity contribution in [3.63, 3.8) is 0 Å². The summed E-state index contributed by atoms with van der Waals surface area (Å²) in [6.45, 7) is 0.283. The molecule has 0 aromatic rings. The van der Waals surface area contributed by atoms with E-state index in [9.17, 15) is 0 Å². The number of hydrogen-bond acceptors (Lipinski definition) is 6. The summed E-state index contributed by atoms with van der Waals surface area (Å²) in [7, 11) is 0. The van der Waals surface area contributed by atoms with E-state index in [1.165, 1.54) is 51.4 Å². The SMILES string of the molecule is CCCC/C=C/CCCCCCCCOP(=S)(OCCC#N)OCCC#N. The van der Waals surface area contributed by atoms with Crippen LogP contribution in [0.2, 0.25) is 0 Å². The fraction of sp³-hybridized carbons (Fsp3) is 0.800. The molecule has 0 fully saturated rings. The Balaban J connectivity index is 3.72. The van der Waals surface area contributed by atoms with Crippen molar-refractivity contribution in [3.8, 4) is 12.1 Å². The zero-order valence-electron chi connectivity index (χ0n) is 16.7. The van der Waals surface area contributed by atoms with Gasteiger partial charge in [0.2, 0.25) is 0 Å². The van der Waals surface area contributed by atoms with Crippen LogP contribution in [0.25, 0.3) is 0 Å². The van der Waals surface area contributed by atoms with Crippen molar-refractivity contribution in [2.45, 2.75) is 84.0 Å². The van der Waals surface area contributed by atoms with Gasteiger partial charge in [-0.05, 0) is 37.5 Å². The van der Waals surface area contributed by atoms with E-state index in [0.29, 0.717) is 6.61 Å². The molecule has 0 spiro atoms. The molecule has 0 rings (SSSR count). The van der Waals surface area contributed by atoms with E-state index in [1.807, 2.05) is 12.1 Å². The lowest BCUT2D eigenvalue weighted by Gasteiger charge is -2.21. The van der Waals surface area contributed by atoms with E-state index in [4.69, 9.17) is 35.9 Å². The minimum absolute atomic E-state index is 0.202. The maximum absolute atomic E-state index is 8.60. The molecular weight excluding hydrogens is 379 g/mol. The molecule has 0 heterocycles. The van der Waals surface area contributed by atoms with Gasteiger partial charge in [-0.2, -0.15) is 10.5 Å². The van der Waals surface area contributed by atoms with Gasteiger partial charge in [0.1, 0.15) is 0 Å². The Morgan fingerprint density at radius 2 is 1.22 bits per heavy atom. The zero-order chi connectivity index (χ0) is 20.1. The van der Waals surface area contributed by atoms with Gasteiger partial charge in [0, 0.05) is 0 Å². The van der Waals surface area contributed by atoms with E-state index in [2.05, 4.69) is 19.1 Å². The molecule has 0 aliphatic heterocycles. The fourth-order valence-electron chi connectivity index (χ4n) is 2.32. The van der Waals surface area contributed by atoms with E-state index < -0.39 is 6.72 Å². The van der Waals surface area contributed by atoms with Gasteiger partial charge in [-0.3, -0.25) is 0 Å². The van der Waals surface area contributed by atoms with E-state index in [-0.39, 0.29) is 26.1 Å². The van der Waals surface area contributed by atoms with Crippen molar-refractivity contribution in [2.75, 3.05) is 19.8 Å². The van der Waals surface area contributed by atoms with Gasteiger partial charge >= 0.3 is 6.72 Å². The maximum Gasteiger partial charge on any atom is 0.327 e. The second-order valence-corrected chi connectivity index (χ2v) is 9.30. The maximum atomic E-state index is 8.60. The molecule has 27 heavy (non-hydrogen) atoms. The van der Waals surface area contributed by atoms with Gasteiger partial charge in [0.15, 0.2) is 0 Å². The minimum Gasteiger partial charge on any atom is -0.309 e. The summed E-state index contributed by atoms with van der Waals surface area (Å²) in [5.74, 6) is 0. The molecule has 0 amide bonds. The first-order valence-corrected chi connectivity index (χ1v) is 12.7. The molecule has 0 atom stereocenters. The molecule has 0 aromatic carbocycles. The lowest BCUT2D eigenvalue weighted by atomic mass is 10.1. The predicted octanol–water partition coefficient (Wildman–Crippen LogP) is 6.57. The van der Waals surface area contributed by atoms with E-state index in [0.717, 1.165) is 12.8 Å². The van der Waals surface area contributed by atoms with Crippen molar-refractivity contribution in [3.05, 3.63) is 12.2 Å². The highest BCUT2D eigenvalue weighted by Crippen LogP contribution is 2.50. The lowest BCUT2D eigenvalue weighted by molar-refractivity contribution is 0.158. The first-order chi connectivity index (χ1) is 13.2. The smallest absolute Gasteiger partial charge is 0.309 e. The van der Waals surface area contributed by atoms with Crippen molar-refractivity contribution >= 4 is 18.5 Å². The molecule has 0 aromatic heterocycles. The van der Waals surface area contributed by atoms with E-state index in [1.54, 1.807) is 0 Å². The number of rotatable bonds is 19. The zero-order valence-corrected chi connectivity index (χ0v) is 18.4. The Labute approximate surface area is 170 Å². The van der Waals surface area contributed by atoms with Crippen LogP contribution in [0.4, 0.5) is 0 Å². The number of hydrogen-bond donors (Lipinski definition) is 0. The van der Waals surface area contributed by atoms with Gasteiger partial charge in [-0.1, -0.05) is 57.6 Å². The molecule has 0 unspecified atom stereocenters. The molecule has 0 aliphatic rings. The Bertz CT molecular complexity index is 476. The van der Waals surface area contributed by atoms with Gasteiger partial charge < -0.3 is 13.6 Å². The normalized spacial score (nSPS) is 11.5. The summed E-state index contributed by atoms with van der Waals surface area (Å²) in [4.78, 5) is 0. The minimum atomic E-state index is -2.84. The fourth-order valence-corrected chi connectivity index (χ4v) is 4.20. The number of allylic oxidation sites excluding steroid dienone is 2. The second-order valence-electron chi connectivity index (χ2n) is 6.29. The van der Waals surface area contributed by atoms with Gasteiger partial charge in [0.05, 0.1) is 44.8 Å². The summed E-state index contributed by atoms with van der Waals surface area (Å²) in [6.07, 6.45) is 17.1. The Kier molecular flexibility index (Phi) is 19.4. The number of unbranched alkanes of at least 4 members (excludes halogenated alkanes) is 8. The van der Waals surface area contributed by atoms with E-state index >= 15 is 0 Å². The van der Waals surface area contributed by atoms with Crippen LogP contribution in [0.5, 0.6) is 0 Å². The largest absolute Gasteiger partial charge is 0.327 e. The third-order valence-electron chi connectivity index (χ3n) is 3.83. The topological polar surface area (TPSA) is 75.3 Å². The summed E-state index contributed by atoms with van der Waals surface area (Å²) >= 11 is 5.33. The van der Waals surface area contributed by atoms with Crippen molar-refractivity contribution < 1.29 is 13.6 Å². The summed E-state index contributed by atoms with van der Waals surface area (Å²) in [5.41, 5.74) is 0. The highest BCUT2D eigenvalue weighted by Gasteiger charge is 2.20. The van der Waals surface area contributed by atoms with Gasteiger partial charge in [-0.25, -0.2) is 0 Å². The highest BCUT2D eigenvalue weighted by atomic mass is 32.5. The Morgan fingerprint density at radius 1 is 0.741 bits per heavy atom. The number of nitrogens with zero attached hydrogens (tertiary/aromatic N) is 2. The molecular formula is C20H35N2O3PS. The molecule has 0 radical (unpaired) electrons. The summed E-state index contributed by atoms with van der Waals surface area (Å²) in [6, 6.07) is 4.01. The third kappa shape index (κ3) is 18.4. The van der Waals surface area contributed by atoms with Gasteiger partial charge in [0.25, 0.3) is 0 Å². The van der Waals surface area contributed by atoms with Crippen molar-refractivity contribution in [1.82, 2.24) is 0 Å². The lowest BCUT2D eigenvalue weighted by Crippen LogP contribution is -2.03. The quantitative estimate of drug-likeness (QED) is 0.135. The number of nitriles is 2. The van der Waals surface area contributed by atoms with Crippen LogP contribution < -0.4 is 0 Å². The van der Waals surface area contributed by atoms with Crippen molar-refractivity contribution in [1.29, 1.82) is 10.5 Å². The molecule has 5 nitrogen and oxygen atoms in total. The standard InChI is InChI=1S/C20H35N2O3PS/c1-2-3-4-5-6-7-8-9-10-11-12-13-18-23-26(27,24-19-14-16-21)25-20-15-17-22/h5-6H,2-4,7-15,18-20H2,1H3/b6-5+. The predicted molar refractivity (Wildman–Crippen MR) is 114 cm³/mol. The Morgan fingerprint density at radius 3 is 1.78 bits per heavy atom. The average Bonchev–Trinajstić information content (AvgIpc) is 2.66. The van der Waals surface area contributed by atoms with Crippen LogP contribution in [0.3, 0.4) is 0 Å². The molecule has 154 valence electrons. The van der Waals surface area contributed by atoms with Crippen LogP contribution in [0.1, 0.15) is 84.0 Å². The second kappa shape index (κ2) is 20.0. The molecule has 0 N–H and O–H groups in total. The first kappa shape index (κ1) is 26.2. The van der Waals surface area contributed by atoms with Crippen LogP contribution in [-0.4, -0.2) is 19.8 Å². The molecule has 0 saturated carbocycles. The van der Waals surface area contributed by atoms with Crippen molar-refractivity contribution in [2.24, 2.45) is 0 Å². The highest BCUT2D eigenvalue weighted by molar-refractivity contribution is 8.07. The van der Waals surface area contributed by atoms with Crippen LogP contribution >= 0.6 is 6.72 Å². The Hall–Kier alpha value is -0.750.